The molecule has 0 amide bonds. The fourth-order valence-corrected chi connectivity index (χ4v) is 6.19. The van der Waals surface area contributed by atoms with E-state index in [1.165, 1.54) is 5.69 Å². The molecule has 190 valence electrons. The summed E-state index contributed by atoms with van der Waals surface area (Å²) in [6.45, 7) is 10.7. The highest BCUT2D eigenvalue weighted by molar-refractivity contribution is 6.05. The Balaban J connectivity index is 1.48. The zero-order chi connectivity index (χ0) is 26.7. The van der Waals surface area contributed by atoms with E-state index in [0.717, 1.165) is 57.7 Å². The lowest BCUT2D eigenvalue weighted by atomic mass is 9.77. The standard InChI is InChI=1S/C33H32N4O/c1-6-37(7-2)24-15-13-23(14-16-24)27-19-29-31(26-11-9-8-10-25(26)27)38-33(21-35-29)32(3,4)28-18-22(20-34)12-17-30(28)36(33)5/h8-19,21H,6-7H2,1-5H3. The molecule has 1 unspecified atom stereocenters. The Kier molecular flexibility index (Phi) is 5.47. The number of benzene rings is 4. The highest BCUT2D eigenvalue weighted by Crippen LogP contribution is 2.55. The SMILES string of the molecule is CCN(CC)c1ccc(-c2cc3c(c4ccccc24)OC2(C=N3)N(C)c3ccc(C#N)cc3C2(C)C)cc1. The van der Waals surface area contributed by atoms with Crippen LogP contribution < -0.4 is 14.5 Å². The quantitative estimate of drug-likeness (QED) is 0.292. The maximum Gasteiger partial charge on any atom is 0.228 e. The Morgan fingerprint density at radius 1 is 0.947 bits per heavy atom. The molecule has 6 rings (SSSR count). The van der Waals surface area contributed by atoms with Crippen LogP contribution in [-0.2, 0) is 5.41 Å². The molecular formula is C33H32N4O. The first kappa shape index (κ1) is 24.1. The summed E-state index contributed by atoms with van der Waals surface area (Å²) in [5.74, 6) is 0.792. The van der Waals surface area contributed by atoms with Gasteiger partial charge in [-0.25, -0.2) is 0 Å². The van der Waals surface area contributed by atoms with Gasteiger partial charge in [0.2, 0.25) is 5.72 Å². The summed E-state index contributed by atoms with van der Waals surface area (Å²) in [4.78, 5) is 9.55. The monoisotopic (exact) mass is 500 g/mol. The molecule has 0 radical (unpaired) electrons. The van der Waals surface area contributed by atoms with Crippen molar-refractivity contribution in [2.45, 2.75) is 38.8 Å². The smallest absolute Gasteiger partial charge is 0.228 e. The first-order chi connectivity index (χ1) is 18.3. The molecule has 1 atom stereocenters. The van der Waals surface area contributed by atoms with Crippen LogP contribution in [0.1, 0.15) is 38.8 Å². The van der Waals surface area contributed by atoms with Gasteiger partial charge in [-0.3, -0.25) is 4.99 Å². The van der Waals surface area contributed by atoms with E-state index in [9.17, 15) is 5.26 Å². The molecule has 2 heterocycles. The van der Waals surface area contributed by atoms with Gasteiger partial charge in [0.1, 0.15) is 5.69 Å². The summed E-state index contributed by atoms with van der Waals surface area (Å²) in [6, 6.07) is 27.5. The maximum atomic E-state index is 9.52. The van der Waals surface area contributed by atoms with Gasteiger partial charge < -0.3 is 14.5 Å². The van der Waals surface area contributed by atoms with E-state index < -0.39 is 11.1 Å². The normalized spacial score (nSPS) is 18.7. The lowest BCUT2D eigenvalue weighted by Crippen LogP contribution is -2.61. The van der Waals surface area contributed by atoms with E-state index in [1.807, 2.05) is 31.5 Å². The van der Waals surface area contributed by atoms with Crippen LogP contribution in [0.25, 0.3) is 21.9 Å². The van der Waals surface area contributed by atoms with Crippen LogP contribution in [0, 0.1) is 11.3 Å². The van der Waals surface area contributed by atoms with Crippen LogP contribution >= 0.6 is 0 Å². The van der Waals surface area contributed by atoms with Crippen LogP contribution in [0.2, 0.25) is 0 Å². The highest BCUT2D eigenvalue weighted by atomic mass is 16.5. The van der Waals surface area contributed by atoms with Crippen LogP contribution in [0.15, 0.2) is 77.8 Å². The maximum absolute atomic E-state index is 9.52. The summed E-state index contributed by atoms with van der Waals surface area (Å²) in [6.07, 6.45) is 1.95. The average Bonchev–Trinajstić information content (AvgIpc) is 3.11. The van der Waals surface area contributed by atoms with Gasteiger partial charge in [0.25, 0.3) is 0 Å². The molecule has 5 heteroatoms. The van der Waals surface area contributed by atoms with Crippen molar-refractivity contribution in [3.8, 4) is 22.9 Å². The van der Waals surface area contributed by atoms with Crippen molar-refractivity contribution in [3.63, 3.8) is 0 Å². The number of nitrogens with zero attached hydrogens (tertiary/aromatic N) is 4. The molecule has 0 saturated heterocycles. The number of aliphatic imine (C=N–C) groups is 1. The van der Waals surface area contributed by atoms with Gasteiger partial charge in [0.15, 0.2) is 5.75 Å². The van der Waals surface area contributed by atoms with Crippen LogP contribution in [0.3, 0.4) is 0 Å². The second-order valence-electron chi connectivity index (χ2n) is 10.6. The number of rotatable bonds is 4. The number of likely N-dealkylation sites (N-methyl/N-ethyl adjacent to an activating group) is 1. The number of hydrogen-bond donors (Lipinski definition) is 0. The summed E-state index contributed by atoms with van der Waals surface area (Å²) < 4.78 is 7.03. The summed E-state index contributed by atoms with van der Waals surface area (Å²) >= 11 is 0. The van der Waals surface area contributed by atoms with E-state index in [2.05, 4.69) is 98.2 Å². The van der Waals surface area contributed by atoms with Crippen molar-refractivity contribution in [3.05, 3.63) is 83.9 Å². The van der Waals surface area contributed by atoms with Crippen molar-refractivity contribution in [1.82, 2.24) is 0 Å². The minimum atomic E-state index is -0.813. The number of nitriles is 1. The largest absolute Gasteiger partial charge is 0.459 e. The number of ether oxygens (including phenoxy) is 1. The van der Waals surface area contributed by atoms with Gasteiger partial charge >= 0.3 is 0 Å². The molecule has 1 spiro atoms. The van der Waals surface area contributed by atoms with Gasteiger partial charge in [-0.1, -0.05) is 36.4 Å². The zero-order valence-corrected chi connectivity index (χ0v) is 22.6. The van der Waals surface area contributed by atoms with Gasteiger partial charge in [-0.2, -0.15) is 5.26 Å². The van der Waals surface area contributed by atoms with Gasteiger partial charge in [0.05, 0.1) is 23.3 Å². The molecular weight excluding hydrogens is 468 g/mol. The molecule has 4 aromatic carbocycles. The predicted molar refractivity (Wildman–Crippen MR) is 157 cm³/mol. The summed E-state index contributed by atoms with van der Waals surface area (Å²) in [5, 5.41) is 11.7. The number of anilines is 2. The molecule has 5 nitrogen and oxygen atoms in total. The fourth-order valence-electron chi connectivity index (χ4n) is 6.19. The van der Waals surface area contributed by atoms with Crippen LogP contribution in [0.4, 0.5) is 17.1 Å². The van der Waals surface area contributed by atoms with Gasteiger partial charge in [-0.15, -0.1) is 0 Å². The molecule has 0 aromatic heterocycles. The Hall–Kier alpha value is -4.30. The molecule has 0 saturated carbocycles. The molecule has 0 bridgehead atoms. The summed E-state index contributed by atoms with van der Waals surface area (Å²) in [7, 11) is 2.05. The topological polar surface area (TPSA) is 51.9 Å². The van der Waals surface area contributed by atoms with Crippen molar-refractivity contribution < 1.29 is 4.74 Å². The lowest BCUT2D eigenvalue weighted by Gasteiger charge is -2.45. The Bertz CT molecular complexity index is 1630. The van der Waals surface area contributed by atoms with Crippen molar-refractivity contribution in [2.75, 3.05) is 29.9 Å². The molecule has 4 aromatic rings. The molecule has 0 N–H and O–H groups in total. The molecule has 0 aliphatic carbocycles. The predicted octanol–water partition coefficient (Wildman–Crippen LogP) is 7.44. The fraction of sp³-hybridized carbons (Fsp3) is 0.273. The third-order valence-corrected chi connectivity index (χ3v) is 8.47. The Morgan fingerprint density at radius 2 is 1.66 bits per heavy atom. The van der Waals surface area contributed by atoms with Gasteiger partial charge in [0, 0.05) is 36.9 Å². The van der Waals surface area contributed by atoms with Crippen molar-refractivity contribution >= 4 is 34.0 Å². The van der Waals surface area contributed by atoms with E-state index in [1.54, 1.807) is 0 Å². The van der Waals surface area contributed by atoms with E-state index in [-0.39, 0.29) is 0 Å². The van der Waals surface area contributed by atoms with Crippen molar-refractivity contribution in [1.29, 1.82) is 5.26 Å². The Labute approximate surface area is 224 Å². The minimum Gasteiger partial charge on any atom is -0.459 e. The molecule has 2 aliphatic rings. The molecule has 38 heavy (non-hydrogen) atoms. The third kappa shape index (κ3) is 3.26. The van der Waals surface area contributed by atoms with Crippen LogP contribution in [0.5, 0.6) is 5.75 Å². The van der Waals surface area contributed by atoms with Crippen molar-refractivity contribution in [2.24, 2.45) is 4.99 Å². The second-order valence-corrected chi connectivity index (χ2v) is 10.6. The highest BCUT2D eigenvalue weighted by Gasteiger charge is 2.58. The van der Waals surface area contributed by atoms with E-state index in [0.29, 0.717) is 5.56 Å². The first-order valence-corrected chi connectivity index (χ1v) is 13.3. The zero-order valence-electron chi connectivity index (χ0n) is 22.6. The summed E-state index contributed by atoms with van der Waals surface area (Å²) in [5.41, 5.74) is 5.90. The van der Waals surface area contributed by atoms with Gasteiger partial charge in [-0.05, 0) is 86.2 Å². The number of fused-ring (bicyclic) bond motifs is 4. The average molecular weight is 501 g/mol. The molecule has 0 fully saturated rings. The first-order valence-electron chi connectivity index (χ1n) is 13.3. The number of hydrogen-bond acceptors (Lipinski definition) is 5. The third-order valence-electron chi connectivity index (χ3n) is 8.47. The Morgan fingerprint density at radius 3 is 2.34 bits per heavy atom. The lowest BCUT2D eigenvalue weighted by molar-refractivity contribution is 0.0842. The van der Waals surface area contributed by atoms with Crippen LogP contribution in [-0.4, -0.2) is 32.1 Å². The molecule has 2 aliphatic heterocycles. The van der Waals surface area contributed by atoms with E-state index >= 15 is 0 Å². The minimum absolute atomic E-state index is 0.439. The van der Waals surface area contributed by atoms with E-state index in [4.69, 9.17) is 9.73 Å². The second kappa shape index (κ2) is 8.63.